The Balaban J connectivity index is 1.25. The Hall–Kier alpha value is -2.08. The number of nitrogens with two attached hydrogens (primary N) is 1. The molecule has 5 rings (SSSR count). The molecule has 41 heavy (non-hydrogen) atoms. The summed E-state index contributed by atoms with van der Waals surface area (Å²) < 4.78 is 29.9. The Morgan fingerprint density at radius 2 is 1.78 bits per heavy atom. The van der Waals surface area contributed by atoms with Crippen molar-refractivity contribution in [1.29, 1.82) is 0 Å². The zero-order valence-corrected chi connectivity index (χ0v) is 25.9. The van der Waals surface area contributed by atoms with Crippen LogP contribution in [-0.2, 0) is 16.4 Å². The molecular weight excluding hydrogens is 555 g/mol. The number of likely N-dealkylation sites (tertiary alicyclic amines) is 1. The third-order valence-electron chi connectivity index (χ3n) is 8.46. The topological polar surface area (TPSA) is 112 Å². The number of fused-ring (bicyclic) bond motifs is 1. The molecule has 2 aromatic carbocycles. The van der Waals surface area contributed by atoms with E-state index in [4.69, 9.17) is 10.7 Å². The van der Waals surface area contributed by atoms with E-state index < -0.39 is 22.2 Å². The highest BCUT2D eigenvalue weighted by Crippen LogP contribution is 2.32. The normalized spacial score (nSPS) is 19.4. The van der Waals surface area contributed by atoms with Gasteiger partial charge in [0.15, 0.2) is 5.13 Å². The Morgan fingerprint density at radius 1 is 1.07 bits per heavy atom. The fraction of sp³-hybridized carbons (Fsp3) is 0.581. The number of sulfonamides is 1. The highest BCUT2D eigenvalue weighted by atomic mass is 32.2. The number of nitrogens with one attached hydrogen (secondary N) is 1. The van der Waals surface area contributed by atoms with Gasteiger partial charge in [-0.05, 0) is 61.8 Å². The number of hydrogen-bond donors (Lipinski definition) is 3. The third-order valence-corrected chi connectivity index (χ3v) is 11.2. The number of aliphatic hydroxyl groups is 1. The number of nitrogens with zero attached hydrogens (tertiary/aromatic N) is 3. The second-order valence-corrected chi connectivity index (χ2v) is 15.1. The smallest absolute Gasteiger partial charge is 0.243 e. The Kier molecular flexibility index (Phi) is 9.99. The van der Waals surface area contributed by atoms with Gasteiger partial charge < -0.3 is 21.1 Å². The molecule has 1 saturated heterocycles. The predicted molar refractivity (Wildman–Crippen MR) is 168 cm³/mol. The van der Waals surface area contributed by atoms with Gasteiger partial charge in [-0.3, -0.25) is 0 Å². The van der Waals surface area contributed by atoms with Crippen molar-refractivity contribution in [1.82, 2.24) is 14.2 Å². The van der Waals surface area contributed by atoms with Gasteiger partial charge in [-0.15, -0.1) is 0 Å². The van der Waals surface area contributed by atoms with Crippen molar-refractivity contribution < 1.29 is 13.5 Å². The van der Waals surface area contributed by atoms with Gasteiger partial charge in [0, 0.05) is 44.3 Å². The zero-order chi connectivity index (χ0) is 29.0. The molecule has 2 fully saturated rings. The van der Waals surface area contributed by atoms with Crippen LogP contribution < -0.4 is 11.1 Å². The van der Waals surface area contributed by atoms with E-state index >= 15 is 0 Å². The van der Waals surface area contributed by atoms with Gasteiger partial charge in [-0.1, -0.05) is 68.4 Å². The van der Waals surface area contributed by atoms with Crippen molar-refractivity contribution in [2.75, 3.05) is 31.5 Å². The number of anilines is 1. The van der Waals surface area contributed by atoms with E-state index in [0.29, 0.717) is 19.0 Å². The quantitative estimate of drug-likeness (QED) is 0.277. The molecule has 0 radical (unpaired) electrons. The fourth-order valence-electron chi connectivity index (χ4n) is 6.17. The highest BCUT2D eigenvalue weighted by Gasteiger charge is 2.31. The summed E-state index contributed by atoms with van der Waals surface area (Å²) in [6.07, 6.45) is 7.10. The van der Waals surface area contributed by atoms with Crippen LogP contribution in [0.15, 0.2) is 53.4 Å². The number of rotatable bonds is 12. The molecule has 10 heteroatoms. The van der Waals surface area contributed by atoms with Crippen LogP contribution in [0.1, 0.15) is 57.9 Å². The minimum absolute atomic E-state index is 0.0540. The third kappa shape index (κ3) is 7.66. The molecule has 1 aliphatic carbocycles. The van der Waals surface area contributed by atoms with E-state index in [2.05, 4.69) is 10.2 Å². The lowest BCUT2D eigenvalue weighted by atomic mass is 10.0. The molecule has 1 aliphatic heterocycles. The number of aromatic nitrogens is 1. The number of thiazole rings is 1. The first-order chi connectivity index (χ1) is 19.7. The molecule has 1 aromatic heterocycles. The summed E-state index contributed by atoms with van der Waals surface area (Å²) in [6, 6.07) is 15.4. The van der Waals surface area contributed by atoms with E-state index in [1.165, 1.54) is 41.3 Å². The van der Waals surface area contributed by atoms with Crippen LogP contribution in [0.4, 0.5) is 5.13 Å². The number of benzene rings is 2. The number of hydrogen-bond acceptors (Lipinski definition) is 8. The van der Waals surface area contributed by atoms with Gasteiger partial charge in [0.1, 0.15) is 0 Å². The molecule has 3 aromatic rings. The number of piperidine rings is 1. The average molecular weight is 600 g/mol. The van der Waals surface area contributed by atoms with E-state index in [9.17, 15) is 13.5 Å². The summed E-state index contributed by atoms with van der Waals surface area (Å²) in [6.45, 7) is 6.44. The highest BCUT2D eigenvalue weighted by molar-refractivity contribution is 7.89. The molecule has 0 bridgehead atoms. The van der Waals surface area contributed by atoms with E-state index in [-0.39, 0.29) is 17.4 Å². The van der Waals surface area contributed by atoms with Crippen molar-refractivity contribution in [2.45, 2.75) is 87.9 Å². The number of aliphatic hydroxyl groups excluding tert-OH is 1. The lowest BCUT2D eigenvalue weighted by Gasteiger charge is -2.36. The van der Waals surface area contributed by atoms with Crippen molar-refractivity contribution in [3.05, 3.63) is 54.1 Å². The maximum Gasteiger partial charge on any atom is 0.243 e. The first-order valence-corrected chi connectivity index (χ1v) is 17.3. The summed E-state index contributed by atoms with van der Waals surface area (Å²) in [4.78, 5) is 7.64. The first-order valence-electron chi connectivity index (χ1n) is 15.1. The lowest BCUT2D eigenvalue weighted by molar-refractivity contribution is 0.116. The molecule has 1 saturated carbocycles. The van der Waals surface area contributed by atoms with E-state index in [0.717, 1.165) is 52.9 Å². The Bertz CT molecular complexity index is 1370. The van der Waals surface area contributed by atoms with Gasteiger partial charge in [0.2, 0.25) is 10.0 Å². The molecule has 0 amide bonds. The second-order valence-electron chi connectivity index (χ2n) is 12.2. The van der Waals surface area contributed by atoms with Gasteiger partial charge >= 0.3 is 0 Å². The SMILES string of the molecule is CC(C)CN(C[C@@H](O)[C@@H](N)Cc1ccccc1)S(=O)(=O)c1ccc2nc(NC3CCN(C4CCCC4)CC3)sc2c1. The molecule has 224 valence electrons. The first kappa shape index (κ1) is 30.4. The van der Waals surface area contributed by atoms with E-state index in [1.54, 1.807) is 18.2 Å². The Labute approximate surface area is 249 Å². The molecule has 2 heterocycles. The van der Waals surface area contributed by atoms with Crippen LogP contribution in [0.25, 0.3) is 10.2 Å². The molecule has 8 nitrogen and oxygen atoms in total. The molecule has 2 atom stereocenters. The Morgan fingerprint density at radius 3 is 2.46 bits per heavy atom. The molecule has 2 aliphatic rings. The largest absolute Gasteiger partial charge is 0.390 e. The van der Waals surface area contributed by atoms with Crippen LogP contribution in [-0.4, -0.2) is 78.1 Å². The summed E-state index contributed by atoms with van der Waals surface area (Å²) >= 11 is 1.50. The van der Waals surface area contributed by atoms with Crippen LogP contribution in [0, 0.1) is 5.92 Å². The molecule has 0 spiro atoms. The maximum absolute atomic E-state index is 13.8. The summed E-state index contributed by atoms with van der Waals surface area (Å²) in [5.74, 6) is 0.0883. The summed E-state index contributed by atoms with van der Waals surface area (Å²) in [5, 5.41) is 15.4. The zero-order valence-electron chi connectivity index (χ0n) is 24.3. The van der Waals surface area contributed by atoms with Crippen LogP contribution in [0.3, 0.4) is 0 Å². The van der Waals surface area contributed by atoms with Crippen molar-refractivity contribution in [3.8, 4) is 0 Å². The fourth-order valence-corrected chi connectivity index (χ4v) is 8.88. The van der Waals surface area contributed by atoms with Crippen molar-refractivity contribution in [3.63, 3.8) is 0 Å². The summed E-state index contributed by atoms with van der Waals surface area (Å²) in [7, 11) is -3.85. The van der Waals surface area contributed by atoms with Crippen LogP contribution in [0.5, 0.6) is 0 Å². The standard InChI is InChI=1S/C31H45N5O3S2/c1-22(2)20-36(21-29(37)27(32)18-23-8-4-3-5-9-23)41(38,39)26-12-13-28-30(19-26)40-31(34-28)33-24-14-16-35(17-15-24)25-10-6-7-11-25/h3-5,8-9,12-13,19,22,24-25,27,29,37H,6-7,10-11,14-18,20-21,32H2,1-2H3,(H,33,34)/t27-,29+/m0/s1. The van der Waals surface area contributed by atoms with E-state index in [1.807, 2.05) is 44.2 Å². The summed E-state index contributed by atoms with van der Waals surface area (Å²) in [5.41, 5.74) is 8.12. The second kappa shape index (κ2) is 13.5. The van der Waals surface area contributed by atoms with Gasteiger partial charge in [-0.2, -0.15) is 4.31 Å². The minimum atomic E-state index is -3.85. The van der Waals surface area contributed by atoms with Crippen LogP contribution >= 0.6 is 11.3 Å². The average Bonchev–Trinajstić information content (AvgIpc) is 3.63. The molecule has 0 unspecified atom stereocenters. The molecular formula is C31H45N5O3S2. The molecule has 4 N–H and O–H groups in total. The minimum Gasteiger partial charge on any atom is -0.390 e. The monoisotopic (exact) mass is 599 g/mol. The van der Waals surface area contributed by atoms with Crippen molar-refractivity contribution >= 4 is 36.7 Å². The van der Waals surface area contributed by atoms with Crippen LogP contribution in [0.2, 0.25) is 0 Å². The maximum atomic E-state index is 13.8. The van der Waals surface area contributed by atoms with Crippen molar-refractivity contribution in [2.24, 2.45) is 11.7 Å². The lowest BCUT2D eigenvalue weighted by Crippen LogP contribution is -2.47. The predicted octanol–water partition coefficient (Wildman–Crippen LogP) is 4.69. The van der Waals surface area contributed by atoms with Gasteiger partial charge in [0.05, 0.1) is 21.2 Å². The van der Waals surface area contributed by atoms with Gasteiger partial charge in [-0.25, -0.2) is 13.4 Å². The van der Waals surface area contributed by atoms with Gasteiger partial charge in [0.25, 0.3) is 0 Å².